The summed E-state index contributed by atoms with van der Waals surface area (Å²) < 4.78 is 39.3. The van der Waals surface area contributed by atoms with Crippen LogP contribution in [0.15, 0.2) is 6.07 Å². The molecule has 0 bridgehead atoms. The molecule has 1 aliphatic rings. The molecule has 0 aromatic heterocycles. The van der Waals surface area contributed by atoms with Crippen molar-refractivity contribution in [1.82, 2.24) is 0 Å². The Hall–Kier alpha value is -1.23. The third-order valence-electron chi connectivity index (χ3n) is 2.89. The Morgan fingerprint density at radius 2 is 1.80 bits per heavy atom. The number of benzene rings is 1. The zero-order valence-electron chi connectivity index (χ0n) is 7.86. The molecule has 2 nitrogen and oxygen atoms in total. The van der Waals surface area contributed by atoms with Gasteiger partial charge in [0, 0.05) is 11.6 Å². The lowest BCUT2D eigenvalue weighted by Crippen LogP contribution is -2.44. The smallest absolute Gasteiger partial charge is 0.168 e. The summed E-state index contributed by atoms with van der Waals surface area (Å²) in [7, 11) is 0. The Kier molecular flexibility index (Phi) is 2.15. The van der Waals surface area contributed by atoms with E-state index in [1.165, 1.54) is 0 Å². The van der Waals surface area contributed by atoms with Gasteiger partial charge in [-0.2, -0.15) is 0 Å². The van der Waals surface area contributed by atoms with Crippen molar-refractivity contribution in [1.29, 1.82) is 0 Å². The summed E-state index contributed by atoms with van der Waals surface area (Å²) in [5, 5.41) is 9.34. The second kappa shape index (κ2) is 3.13. The molecule has 1 aromatic rings. The fraction of sp³-hybridized carbons (Fsp3) is 0.400. The first-order valence-corrected chi connectivity index (χ1v) is 4.61. The highest BCUT2D eigenvalue weighted by molar-refractivity contribution is 5.42. The molecule has 82 valence electrons. The average molecular weight is 217 g/mol. The average Bonchev–Trinajstić information content (AvgIpc) is 2.12. The zero-order chi connectivity index (χ0) is 11.2. The van der Waals surface area contributed by atoms with Crippen LogP contribution in [0, 0.1) is 17.5 Å². The van der Waals surface area contributed by atoms with Gasteiger partial charge in [-0.1, -0.05) is 0 Å². The summed E-state index contributed by atoms with van der Waals surface area (Å²) in [4.78, 5) is 0. The molecule has 1 aromatic carbocycles. The van der Waals surface area contributed by atoms with Gasteiger partial charge in [-0.25, -0.2) is 13.2 Å². The van der Waals surface area contributed by atoms with Crippen LogP contribution in [0.4, 0.5) is 13.2 Å². The number of phenols is 1. The standard InChI is InChI=1S/C10H10F3NO/c11-5-4-6(12)9(15)7(8(5)13)10(14)2-1-3-10/h4,15H,1-3,14H2. The van der Waals surface area contributed by atoms with Crippen LogP contribution in [-0.4, -0.2) is 5.11 Å². The number of nitrogens with two attached hydrogens (primary N) is 1. The van der Waals surface area contributed by atoms with Crippen LogP contribution >= 0.6 is 0 Å². The predicted octanol–water partition coefficient (Wildman–Crippen LogP) is 2.15. The number of rotatable bonds is 1. The number of hydrogen-bond acceptors (Lipinski definition) is 2. The number of halogens is 3. The first-order valence-electron chi connectivity index (χ1n) is 4.61. The molecule has 2 rings (SSSR count). The lowest BCUT2D eigenvalue weighted by molar-refractivity contribution is 0.230. The lowest BCUT2D eigenvalue weighted by Gasteiger charge is -2.39. The van der Waals surface area contributed by atoms with Crippen molar-refractivity contribution in [3.05, 3.63) is 29.1 Å². The maximum absolute atomic E-state index is 13.4. The van der Waals surface area contributed by atoms with Crippen LogP contribution in [-0.2, 0) is 5.54 Å². The van der Waals surface area contributed by atoms with Crippen LogP contribution < -0.4 is 5.73 Å². The fourth-order valence-corrected chi connectivity index (χ4v) is 1.85. The molecule has 0 heterocycles. The molecule has 5 heteroatoms. The third kappa shape index (κ3) is 1.38. The number of phenolic OH excluding ortho intramolecular Hbond substituents is 1. The van der Waals surface area contributed by atoms with E-state index in [-0.39, 0.29) is 0 Å². The lowest BCUT2D eigenvalue weighted by atomic mass is 9.72. The second-order valence-electron chi connectivity index (χ2n) is 3.89. The number of aromatic hydroxyl groups is 1. The maximum atomic E-state index is 13.4. The molecule has 1 aliphatic carbocycles. The topological polar surface area (TPSA) is 46.2 Å². The third-order valence-corrected chi connectivity index (χ3v) is 2.89. The van der Waals surface area contributed by atoms with Crippen molar-refractivity contribution in [3.63, 3.8) is 0 Å². The Bertz CT molecular complexity index is 389. The van der Waals surface area contributed by atoms with Gasteiger partial charge in [0.2, 0.25) is 0 Å². The van der Waals surface area contributed by atoms with E-state index in [4.69, 9.17) is 5.73 Å². The van der Waals surface area contributed by atoms with Gasteiger partial charge in [0.15, 0.2) is 23.2 Å². The monoisotopic (exact) mass is 217 g/mol. The van der Waals surface area contributed by atoms with E-state index >= 15 is 0 Å². The summed E-state index contributed by atoms with van der Waals surface area (Å²) in [6.45, 7) is 0. The largest absolute Gasteiger partial charge is 0.505 e. The molecule has 1 saturated carbocycles. The molecule has 0 aliphatic heterocycles. The van der Waals surface area contributed by atoms with Crippen LogP contribution in [0.1, 0.15) is 24.8 Å². The molecule has 0 saturated heterocycles. The van der Waals surface area contributed by atoms with Gasteiger partial charge in [0.25, 0.3) is 0 Å². The van der Waals surface area contributed by atoms with E-state index in [1.54, 1.807) is 0 Å². The van der Waals surface area contributed by atoms with E-state index in [2.05, 4.69) is 0 Å². The van der Waals surface area contributed by atoms with Gasteiger partial charge < -0.3 is 10.8 Å². The van der Waals surface area contributed by atoms with Gasteiger partial charge in [-0.15, -0.1) is 0 Å². The number of hydrogen-bond donors (Lipinski definition) is 2. The molecule has 0 radical (unpaired) electrons. The molecule has 1 fully saturated rings. The van der Waals surface area contributed by atoms with Gasteiger partial charge in [0.1, 0.15) is 0 Å². The van der Waals surface area contributed by atoms with E-state index in [0.29, 0.717) is 18.9 Å². The Balaban J connectivity index is 2.63. The predicted molar refractivity (Wildman–Crippen MR) is 47.7 cm³/mol. The fourth-order valence-electron chi connectivity index (χ4n) is 1.85. The van der Waals surface area contributed by atoms with Crippen LogP contribution in [0.5, 0.6) is 5.75 Å². The maximum Gasteiger partial charge on any atom is 0.168 e. The molecule has 0 unspecified atom stereocenters. The Morgan fingerprint density at radius 3 is 2.27 bits per heavy atom. The summed E-state index contributed by atoms with van der Waals surface area (Å²) in [6.07, 6.45) is 1.59. The van der Waals surface area contributed by atoms with E-state index in [0.717, 1.165) is 6.42 Å². The van der Waals surface area contributed by atoms with Crippen molar-refractivity contribution in [2.75, 3.05) is 0 Å². The summed E-state index contributed by atoms with van der Waals surface area (Å²) in [6, 6.07) is 0.316. The SMILES string of the molecule is NC1(c2c(O)c(F)cc(F)c2F)CCC1. The Labute approximate surface area is 84.5 Å². The van der Waals surface area contributed by atoms with Crippen LogP contribution in [0.2, 0.25) is 0 Å². The van der Waals surface area contributed by atoms with Crippen molar-refractivity contribution in [2.24, 2.45) is 5.73 Å². The first-order chi connectivity index (χ1) is 6.96. The summed E-state index contributed by atoms with van der Waals surface area (Å²) >= 11 is 0. The van der Waals surface area contributed by atoms with E-state index in [9.17, 15) is 18.3 Å². The molecular weight excluding hydrogens is 207 g/mol. The highest BCUT2D eigenvalue weighted by Gasteiger charge is 2.40. The van der Waals surface area contributed by atoms with Crippen molar-refractivity contribution in [2.45, 2.75) is 24.8 Å². The van der Waals surface area contributed by atoms with Gasteiger partial charge >= 0.3 is 0 Å². The normalized spacial score (nSPS) is 18.7. The minimum Gasteiger partial charge on any atom is -0.505 e. The molecule has 0 spiro atoms. The molecular formula is C10H10F3NO. The first kappa shape index (κ1) is 10.3. The van der Waals surface area contributed by atoms with Gasteiger partial charge in [-0.05, 0) is 19.3 Å². The quantitative estimate of drug-likeness (QED) is 0.708. The van der Waals surface area contributed by atoms with Crippen LogP contribution in [0.3, 0.4) is 0 Å². The minimum absolute atomic E-state index is 0.316. The van der Waals surface area contributed by atoms with E-state index < -0.39 is 34.3 Å². The van der Waals surface area contributed by atoms with Crippen molar-refractivity contribution >= 4 is 0 Å². The molecule has 3 N–H and O–H groups in total. The van der Waals surface area contributed by atoms with Gasteiger partial charge in [-0.3, -0.25) is 0 Å². The van der Waals surface area contributed by atoms with Crippen molar-refractivity contribution in [3.8, 4) is 5.75 Å². The summed E-state index contributed by atoms with van der Waals surface area (Å²) in [5.74, 6) is -4.63. The van der Waals surface area contributed by atoms with Crippen LogP contribution in [0.25, 0.3) is 0 Å². The molecule has 0 amide bonds. The zero-order valence-corrected chi connectivity index (χ0v) is 7.86. The highest BCUT2D eigenvalue weighted by Crippen LogP contribution is 2.44. The summed E-state index contributed by atoms with van der Waals surface area (Å²) in [5.41, 5.74) is 4.16. The Morgan fingerprint density at radius 1 is 1.20 bits per heavy atom. The minimum atomic E-state index is -1.32. The van der Waals surface area contributed by atoms with Crippen molar-refractivity contribution < 1.29 is 18.3 Å². The van der Waals surface area contributed by atoms with E-state index in [1.807, 2.05) is 0 Å². The molecule has 0 atom stereocenters. The van der Waals surface area contributed by atoms with Gasteiger partial charge in [0.05, 0.1) is 5.56 Å². The second-order valence-corrected chi connectivity index (χ2v) is 3.89. The highest BCUT2D eigenvalue weighted by atomic mass is 19.2. The molecule has 15 heavy (non-hydrogen) atoms.